The van der Waals surface area contributed by atoms with Crippen LogP contribution in [0.1, 0.15) is 16.7 Å². The fourth-order valence-corrected chi connectivity index (χ4v) is 5.25. The van der Waals surface area contributed by atoms with Gasteiger partial charge in [-0.1, -0.05) is 63.4 Å². The number of carbonyl (C=O) groups excluding carboxylic acids is 3. The van der Waals surface area contributed by atoms with E-state index in [9.17, 15) is 14.4 Å². The van der Waals surface area contributed by atoms with Gasteiger partial charge in [0.1, 0.15) is 30.3 Å². The molecule has 4 amide bonds. The van der Waals surface area contributed by atoms with Gasteiger partial charge in [0.05, 0.1) is 10.2 Å². The van der Waals surface area contributed by atoms with E-state index < -0.39 is 17.8 Å². The van der Waals surface area contributed by atoms with Crippen LogP contribution in [0.2, 0.25) is 10.0 Å². The number of nitrogens with zero attached hydrogens (tertiary/aromatic N) is 1. The molecule has 11 heteroatoms. The van der Waals surface area contributed by atoms with Crippen LogP contribution < -0.4 is 19.7 Å². The van der Waals surface area contributed by atoms with Crippen LogP contribution in [0.4, 0.5) is 10.5 Å². The molecular weight excluding hydrogens is 711 g/mol. The van der Waals surface area contributed by atoms with Crippen LogP contribution in [0, 0.1) is 0 Å². The maximum atomic E-state index is 13.3. The molecule has 4 aromatic carbocycles. The quantitative estimate of drug-likeness (QED) is 0.146. The first-order valence-electron chi connectivity index (χ1n) is 12.4. The number of ether oxygens (including phenoxy) is 2. The summed E-state index contributed by atoms with van der Waals surface area (Å²) in [4.78, 5) is 39.5. The second kappa shape index (κ2) is 13.1. The number of benzene rings is 4. The summed E-state index contributed by atoms with van der Waals surface area (Å²) in [7, 11) is 0. The Morgan fingerprint density at radius 1 is 0.810 bits per heavy atom. The summed E-state index contributed by atoms with van der Waals surface area (Å²) < 4.78 is 13.3. The maximum absolute atomic E-state index is 13.3. The van der Waals surface area contributed by atoms with E-state index in [1.54, 1.807) is 60.7 Å². The van der Waals surface area contributed by atoms with Crippen LogP contribution in [0.15, 0.2) is 99.4 Å². The van der Waals surface area contributed by atoms with E-state index in [0.29, 0.717) is 38.2 Å². The Bertz CT molecular complexity index is 1710. The molecule has 42 heavy (non-hydrogen) atoms. The van der Waals surface area contributed by atoms with E-state index >= 15 is 0 Å². The van der Waals surface area contributed by atoms with Crippen LogP contribution in [0.5, 0.6) is 11.5 Å². The molecule has 1 saturated heterocycles. The predicted molar refractivity (Wildman–Crippen MR) is 169 cm³/mol. The normalized spacial score (nSPS) is 14.2. The standard InChI is InChI=1S/C31H20Br2Cl2N2O5/c32-21-5-1-18(2-6-21)16-42-28-12-3-19(14-26(28)33)13-25-29(38)36-31(40)37(30(25)39)23-8-10-24(11-9-23)41-17-20-4-7-22(34)15-27(20)35/h1-15H,16-17H2,(H,36,38,40)/b25-13+. The number of urea groups is 1. The second-order valence-corrected chi connectivity index (χ2v) is 11.7. The van der Waals surface area contributed by atoms with Gasteiger partial charge < -0.3 is 9.47 Å². The van der Waals surface area contributed by atoms with Crippen molar-refractivity contribution in [2.45, 2.75) is 13.2 Å². The molecule has 0 aromatic heterocycles. The van der Waals surface area contributed by atoms with E-state index in [-0.39, 0.29) is 17.9 Å². The Hall–Kier alpha value is -3.63. The molecule has 1 aliphatic heterocycles. The molecule has 0 aliphatic carbocycles. The van der Waals surface area contributed by atoms with Gasteiger partial charge in [0, 0.05) is 20.1 Å². The van der Waals surface area contributed by atoms with Crippen LogP contribution in [0.25, 0.3) is 6.08 Å². The summed E-state index contributed by atoms with van der Waals surface area (Å²) in [6, 6.07) is 23.6. The molecule has 1 aliphatic rings. The summed E-state index contributed by atoms with van der Waals surface area (Å²) in [5.74, 6) is -0.449. The number of hydrogen-bond donors (Lipinski definition) is 1. The zero-order valence-corrected chi connectivity index (χ0v) is 26.3. The summed E-state index contributed by atoms with van der Waals surface area (Å²) in [5.41, 5.74) is 2.39. The molecule has 1 heterocycles. The van der Waals surface area contributed by atoms with Crippen molar-refractivity contribution in [2.24, 2.45) is 0 Å². The van der Waals surface area contributed by atoms with Crippen molar-refractivity contribution in [3.8, 4) is 11.5 Å². The largest absolute Gasteiger partial charge is 0.489 e. The van der Waals surface area contributed by atoms with Crippen molar-refractivity contribution in [2.75, 3.05) is 4.90 Å². The summed E-state index contributed by atoms with van der Waals surface area (Å²) >= 11 is 19.0. The molecule has 0 bridgehead atoms. The molecule has 0 radical (unpaired) electrons. The smallest absolute Gasteiger partial charge is 0.335 e. The van der Waals surface area contributed by atoms with Crippen molar-refractivity contribution in [1.29, 1.82) is 0 Å². The number of hydrogen-bond acceptors (Lipinski definition) is 5. The van der Waals surface area contributed by atoms with Crippen LogP contribution in [0.3, 0.4) is 0 Å². The number of carbonyl (C=O) groups is 3. The SMILES string of the molecule is O=C1NC(=O)N(c2ccc(OCc3ccc(Cl)cc3Cl)cc2)C(=O)/C1=C/c1ccc(OCc2ccc(Br)cc2)c(Br)c1. The van der Waals surface area contributed by atoms with Crippen molar-refractivity contribution in [1.82, 2.24) is 5.32 Å². The highest BCUT2D eigenvalue weighted by atomic mass is 79.9. The maximum Gasteiger partial charge on any atom is 0.335 e. The lowest BCUT2D eigenvalue weighted by Crippen LogP contribution is -2.54. The minimum atomic E-state index is -0.846. The zero-order valence-electron chi connectivity index (χ0n) is 21.6. The van der Waals surface area contributed by atoms with Gasteiger partial charge in [-0.3, -0.25) is 14.9 Å². The molecule has 1 fully saturated rings. The van der Waals surface area contributed by atoms with Gasteiger partial charge in [-0.2, -0.15) is 0 Å². The van der Waals surface area contributed by atoms with Crippen LogP contribution >= 0.6 is 55.1 Å². The van der Waals surface area contributed by atoms with Gasteiger partial charge in [-0.25, -0.2) is 9.69 Å². The molecule has 0 atom stereocenters. The first-order chi connectivity index (χ1) is 20.2. The molecule has 212 valence electrons. The monoisotopic (exact) mass is 728 g/mol. The van der Waals surface area contributed by atoms with Gasteiger partial charge in [-0.05, 0) is 93.8 Å². The number of amides is 4. The average molecular weight is 731 g/mol. The Balaban J connectivity index is 1.28. The molecular formula is C31H20Br2Cl2N2O5. The number of nitrogens with one attached hydrogen (secondary N) is 1. The highest BCUT2D eigenvalue weighted by Gasteiger charge is 2.36. The molecule has 0 saturated carbocycles. The van der Waals surface area contributed by atoms with Gasteiger partial charge in [0.2, 0.25) is 0 Å². The Labute approximate surface area is 268 Å². The molecule has 7 nitrogen and oxygen atoms in total. The third-order valence-corrected chi connectivity index (χ3v) is 7.92. The lowest BCUT2D eigenvalue weighted by molar-refractivity contribution is -0.122. The predicted octanol–water partition coefficient (Wildman–Crippen LogP) is 8.34. The Morgan fingerprint density at radius 3 is 2.24 bits per heavy atom. The first-order valence-corrected chi connectivity index (χ1v) is 14.8. The summed E-state index contributed by atoms with van der Waals surface area (Å²) in [6.45, 7) is 0.562. The number of barbiturate groups is 1. The zero-order chi connectivity index (χ0) is 29.8. The minimum absolute atomic E-state index is 0.192. The first kappa shape index (κ1) is 29.8. The van der Waals surface area contributed by atoms with E-state index in [4.69, 9.17) is 32.7 Å². The molecule has 0 spiro atoms. The van der Waals surface area contributed by atoms with Gasteiger partial charge in [-0.15, -0.1) is 0 Å². The van der Waals surface area contributed by atoms with Gasteiger partial charge in [0.15, 0.2) is 0 Å². The van der Waals surface area contributed by atoms with E-state index in [0.717, 1.165) is 20.5 Å². The van der Waals surface area contributed by atoms with E-state index in [2.05, 4.69) is 37.2 Å². The van der Waals surface area contributed by atoms with E-state index in [1.807, 2.05) is 24.3 Å². The fourth-order valence-electron chi connectivity index (χ4n) is 4.02. The van der Waals surface area contributed by atoms with E-state index in [1.165, 1.54) is 6.08 Å². The topological polar surface area (TPSA) is 84.9 Å². The number of halogens is 4. The lowest BCUT2D eigenvalue weighted by Gasteiger charge is -2.26. The van der Waals surface area contributed by atoms with Crippen molar-refractivity contribution in [3.63, 3.8) is 0 Å². The third kappa shape index (κ3) is 7.04. The number of anilines is 1. The highest BCUT2D eigenvalue weighted by Crippen LogP contribution is 2.30. The highest BCUT2D eigenvalue weighted by molar-refractivity contribution is 9.10. The van der Waals surface area contributed by atoms with Crippen molar-refractivity contribution >= 4 is 84.7 Å². The van der Waals surface area contributed by atoms with Crippen molar-refractivity contribution in [3.05, 3.63) is 126 Å². The Kier molecular flexibility index (Phi) is 9.33. The average Bonchev–Trinajstić information content (AvgIpc) is 2.96. The van der Waals surface area contributed by atoms with Crippen LogP contribution in [-0.4, -0.2) is 17.8 Å². The minimum Gasteiger partial charge on any atom is -0.489 e. The number of imide groups is 2. The Morgan fingerprint density at radius 2 is 1.55 bits per heavy atom. The fraction of sp³-hybridized carbons (Fsp3) is 0.0645. The van der Waals surface area contributed by atoms with Gasteiger partial charge >= 0.3 is 6.03 Å². The molecule has 4 aromatic rings. The van der Waals surface area contributed by atoms with Crippen molar-refractivity contribution < 1.29 is 23.9 Å². The molecule has 1 N–H and O–H groups in total. The summed E-state index contributed by atoms with van der Waals surface area (Å²) in [5, 5.41) is 3.24. The molecule has 5 rings (SSSR count). The van der Waals surface area contributed by atoms with Crippen LogP contribution in [-0.2, 0) is 22.8 Å². The summed E-state index contributed by atoms with van der Waals surface area (Å²) in [6.07, 6.45) is 1.42. The number of rotatable bonds is 8. The lowest BCUT2D eigenvalue weighted by atomic mass is 10.1. The second-order valence-electron chi connectivity index (χ2n) is 9.08. The van der Waals surface area contributed by atoms with Gasteiger partial charge in [0.25, 0.3) is 11.8 Å². The third-order valence-electron chi connectivity index (χ3n) is 6.18. The molecule has 0 unspecified atom stereocenters.